The van der Waals surface area contributed by atoms with Crippen LogP contribution in [0.15, 0.2) is 72.9 Å². The van der Waals surface area contributed by atoms with Gasteiger partial charge in [-0.1, -0.05) is 42.5 Å². The van der Waals surface area contributed by atoms with Crippen LogP contribution < -0.4 is 14.8 Å². The van der Waals surface area contributed by atoms with Crippen molar-refractivity contribution < 1.29 is 23.0 Å². The maximum atomic E-state index is 12.6. The molecule has 1 amide bonds. The van der Waals surface area contributed by atoms with Gasteiger partial charge in [-0.15, -0.1) is 0 Å². The summed E-state index contributed by atoms with van der Waals surface area (Å²) in [5.41, 5.74) is 1.33. The molecule has 0 aliphatic carbocycles. The Hall–Kier alpha value is -3.94. The van der Waals surface area contributed by atoms with Gasteiger partial charge in [-0.2, -0.15) is 13.9 Å². The van der Waals surface area contributed by atoms with E-state index in [0.29, 0.717) is 12.4 Å². The highest BCUT2D eigenvalue weighted by Gasteiger charge is 2.15. The molecule has 3 aromatic carbocycles. The van der Waals surface area contributed by atoms with Gasteiger partial charge in [0.15, 0.2) is 17.3 Å². The number of carbonyl (C=O) groups excluding carboxylic acids is 1. The summed E-state index contributed by atoms with van der Waals surface area (Å²) in [5.74, 6) is -0.183. The standard InChI is InChI=1S/C23H19F2N3O3/c1-30-20-13-16(9-10-19(20)31-23(24)25)22(29)26-21-11-12-28(27-21)14-17-7-4-6-15-5-2-3-8-18(15)17/h2-13,23H,14H2,1H3,(H,26,27,29). The summed E-state index contributed by atoms with van der Waals surface area (Å²) in [6, 6.07) is 19.9. The minimum Gasteiger partial charge on any atom is -0.493 e. The Bertz CT molecular complexity index is 1220. The number of aromatic nitrogens is 2. The van der Waals surface area contributed by atoms with E-state index in [4.69, 9.17) is 4.74 Å². The lowest BCUT2D eigenvalue weighted by atomic mass is 10.0. The molecule has 158 valence electrons. The lowest BCUT2D eigenvalue weighted by molar-refractivity contribution is -0.0512. The van der Waals surface area contributed by atoms with Crippen molar-refractivity contribution in [3.8, 4) is 11.5 Å². The van der Waals surface area contributed by atoms with Crippen LogP contribution in [0.3, 0.4) is 0 Å². The van der Waals surface area contributed by atoms with Crippen LogP contribution in [0.4, 0.5) is 14.6 Å². The van der Waals surface area contributed by atoms with Crippen molar-refractivity contribution in [1.82, 2.24) is 9.78 Å². The average molecular weight is 423 g/mol. The van der Waals surface area contributed by atoms with Crippen LogP contribution in [0, 0.1) is 0 Å². The number of alkyl halides is 2. The Kier molecular flexibility index (Phi) is 5.79. The Morgan fingerprint density at radius 2 is 1.87 bits per heavy atom. The Labute approximate surface area is 177 Å². The fraction of sp³-hybridized carbons (Fsp3) is 0.130. The molecule has 6 nitrogen and oxygen atoms in total. The fourth-order valence-corrected chi connectivity index (χ4v) is 3.31. The second-order valence-electron chi connectivity index (χ2n) is 6.74. The first kappa shape index (κ1) is 20.3. The lowest BCUT2D eigenvalue weighted by Gasteiger charge is -2.11. The monoisotopic (exact) mass is 423 g/mol. The molecule has 0 atom stereocenters. The SMILES string of the molecule is COc1cc(C(=O)Nc2ccn(Cc3cccc4ccccc34)n2)ccc1OC(F)F. The molecular formula is C23H19F2N3O3. The highest BCUT2D eigenvalue weighted by molar-refractivity contribution is 6.04. The number of hydrogen-bond donors (Lipinski definition) is 1. The summed E-state index contributed by atoms with van der Waals surface area (Å²) >= 11 is 0. The van der Waals surface area contributed by atoms with Gasteiger partial charge in [0, 0.05) is 17.8 Å². The quantitative estimate of drug-likeness (QED) is 0.457. The van der Waals surface area contributed by atoms with E-state index >= 15 is 0 Å². The summed E-state index contributed by atoms with van der Waals surface area (Å²) in [5, 5.41) is 9.39. The zero-order chi connectivity index (χ0) is 21.8. The number of amides is 1. The van der Waals surface area contributed by atoms with Gasteiger partial charge >= 0.3 is 6.61 Å². The molecule has 1 aromatic heterocycles. The van der Waals surface area contributed by atoms with Gasteiger partial charge in [0.1, 0.15) is 0 Å². The van der Waals surface area contributed by atoms with Gasteiger partial charge in [0.25, 0.3) is 5.91 Å². The van der Waals surface area contributed by atoms with Crippen LogP contribution >= 0.6 is 0 Å². The van der Waals surface area contributed by atoms with Crippen LogP contribution in [-0.4, -0.2) is 29.4 Å². The number of methoxy groups -OCH3 is 1. The molecule has 4 rings (SSSR count). The normalized spacial score (nSPS) is 11.0. The predicted molar refractivity (Wildman–Crippen MR) is 113 cm³/mol. The summed E-state index contributed by atoms with van der Waals surface area (Å²) in [4.78, 5) is 12.6. The first-order chi connectivity index (χ1) is 15.0. The molecule has 0 saturated carbocycles. The molecule has 8 heteroatoms. The van der Waals surface area contributed by atoms with Gasteiger partial charge in [-0.3, -0.25) is 9.48 Å². The molecule has 0 saturated heterocycles. The maximum Gasteiger partial charge on any atom is 0.387 e. The molecule has 0 unspecified atom stereocenters. The maximum absolute atomic E-state index is 12.6. The summed E-state index contributed by atoms with van der Waals surface area (Å²) in [7, 11) is 1.31. The van der Waals surface area contributed by atoms with E-state index in [9.17, 15) is 13.6 Å². The van der Waals surface area contributed by atoms with Gasteiger partial charge in [-0.25, -0.2) is 0 Å². The molecule has 1 heterocycles. The minimum atomic E-state index is -2.99. The molecule has 0 radical (unpaired) electrons. The van der Waals surface area contributed by atoms with E-state index in [2.05, 4.69) is 33.4 Å². The van der Waals surface area contributed by atoms with Crippen LogP contribution in [0.5, 0.6) is 11.5 Å². The third-order valence-corrected chi connectivity index (χ3v) is 4.74. The highest BCUT2D eigenvalue weighted by Crippen LogP contribution is 2.29. The molecular weight excluding hydrogens is 404 g/mol. The molecule has 4 aromatic rings. The second kappa shape index (κ2) is 8.83. The first-order valence-electron chi connectivity index (χ1n) is 9.48. The number of rotatable bonds is 7. The number of ether oxygens (including phenoxy) is 2. The third kappa shape index (κ3) is 4.63. The highest BCUT2D eigenvalue weighted by atomic mass is 19.3. The number of halogens is 2. The molecule has 0 spiro atoms. The Morgan fingerprint density at radius 1 is 1.06 bits per heavy atom. The van der Waals surface area contributed by atoms with E-state index < -0.39 is 12.5 Å². The number of carbonyl (C=O) groups is 1. The molecule has 0 bridgehead atoms. The molecule has 31 heavy (non-hydrogen) atoms. The third-order valence-electron chi connectivity index (χ3n) is 4.74. The second-order valence-corrected chi connectivity index (χ2v) is 6.74. The van der Waals surface area contributed by atoms with Crippen molar-refractivity contribution in [2.75, 3.05) is 12.4 Å². The average Bonchev–Trinajstić information content (AvgIpc) is 3.20. The van der Waals surface area contributed by atoms with E-state index in [1.165, 1.54) is 25.3 Å². The largest absolute Gasteiger partial charge is 0.493 e. The molecule has 0 fully saturated rings. The summed E-state index contributed by atoms with van der Waals surface area (Å²) in [6.45, 7) is -2.44. The minimum absolute atomic E-state index is 0.0365. The lowest BCUT2D eigenvalue weighted by Crippen LogP contribution is -2.13. The molecule has 1 N–H and O–H groups in total. The number of anilines is 1. The van der Waals surface area contributed by atoms with E-state index in [0.717, 1.165) is 16.3 Å². The van der Waals surface area contributed by atoms with Crippen LogP contribution in [-0.2, 0) is 6.54 Å². The fourth-order valence-electron chi connectivity index (χ4n) is 3.31. The van der Waals surface area contributed by atoms with Crippen molar-refractivity contribution >= 4 is 22.5 Å². The van der Waals surface area contributed by atoms with E-state index in [1.807, 2.05) is 24.3 Å². The van der Waals surface area contributed by atoms with Crippen molar-refractivity contribution in [2.45, 2.75) is 13.2 Å². The van der Waals surface area contributed by atoms with Crippen LogP contribution in [0.1, 0.15) is 15.9 Å². The van der Waals surface area contributed by atoms with Gasteiger partial charge < -0.3 is 14.8 Å². The van der Waals surface area contributed by atoms with Crippen molar-refractivity contribution in [2.24, 2.45) is 0 Å². The van der Waals surface area contributed by atoms with E-state index in [-0.39, 0.29) is 17.1 Å². The summed E-state index contributed by atoms with van der Waals surface area (Å²) < 4.78 is 36.1. The topological polar surface area (TPSA) is 65.4 Å². The number of hydrogen-bond acceptors (Lipinski definition) is 4. The van der Waals surface area contributed by atoms with Gasteiger partial charge in [0.2, 0.25) is 0 Å². The Morgan fingerprint density at radius 3 is 2.68 bits per heavy atom. The predicted octanol–water partition coefficient (Wildman–Crippen LogP) is 4.95. The first-order valence-corrected chi connectivity index (χ1v) is 9.48. The number of nitrogens with one attached hydrogen (secondary N) is 1. The molecule has 0 aliphatic heterocycles. The van der Waals surface area contributed by atoms with Gasteiger partial charge in [-0.05, 0) is 34.5 Å². The Balaban J connectivity index is 1.48. The number of nitrogens with zero attached hydrogens (tertiary/aromatic N) is 2. The van der Waals surface area contributed by atoms with Crippen molar-refractivity contribution in [3.05, 3.63) is 84.1 Å². The smallest absolute Gasteiger partial charge is 0.387 e. The zero-order valence-corrected chi connectivity index (χ0v) is 16.6. The molecule has 0 aliphatic rings. The number of fused-ring (bicyclic) bond motifs is 1. The van der Waals surface area contributed by atoms with E-state index in [1.54, 1.807) is 16.9 Å². The van der Waals surface area contributed by atoms with Crippen molar-refractivity contribution in [3.63, 3.8) is 0 Å². The van der Waals surface area contributed by atoms with Crippen molar-refractivity contribution in [1.29, 1.82) is 0 Å². The number of benzene rings is 3. The van der Waals surface area contributed by atoms with Crippen LogP contribution in [0.25, 0.3) is 10.8 Å². The van der Waals surface area contributed by atoms with Crippen LogP contribution in [0.2, 0.25) is 0 Å². The zero-order valence-electron chi connectivity index (χ0n) is 16.6. The summed E-state index contributed by atoms with van der Waals surface area (Å²) in [6.07, 6.45) is 1.78. The van der Waals surface area contributed by atoms with Gasteiger partial charge in [0.05, 0.1) is 13.7 Å².